The number of ether oxygens (including phenoxy) is 1. The predicted molar refractivity (Wildman–Crippen MR) is 47.5 cm³/mol. The molecule has 0 amide bonds. The number of hydrogen-bond acceptors (Lipinski definition) is 5. The molecule has 13 heavy (non-hydrogen) atoms. The SMILES string of the molecule is COCCNCCc1nonc1C. The molecule has 0 saturated heterocycles. The number of aromatic nitrogens is 2. The van der Waals surface area contributed by atoms with Gasteiger partial charge in [0.15, 0.2) is 0 Å². The van der Waals surface area contributed by atoms with Crippen LogP contribution in [-0.2, 0) is 11.2 Å². The standard InChI is InChI=1S/C8H15N3O2/c1-7-8(11-13-10-7)3-4-9-5-6-12-2/h9H,3-6H2,1-2H3. The lowest BCUT2D eigenvalue weighted by atomic mass is 10.2. The highest BCUT2D eigenvalue weighted by Crippen LogP contribution is 1.99. The molecule has 0 aliphatic rings. The van der Waals surface area contributed by atoms with Crippen LogP contribution in [0.4, 0.5) is 0 Å². The molecule has 5 nitrogen and oxygen atoms in total. The second kappa shape index (κ2) is 5.66. The van der Waals surface area contributed by atoms with Crippen molar-refractivity contribution in [2.24, 2.45) is 0 Å². The van der Waals surface area contributed by atoms with E-state index in [9.17, 15) is 0 Å². The zero-order valence-electron chi connectivity index (χ0n) is 8.04. The average molecular weight is 185 g/mol. The normalized spacial score (nSPS) is 10.6. The predicted octanol–water partition coefficient (Wildman–Crippen LogP) is 0.157. The molecule has 0 aliphatic carbocycles. The van der Waals surface area contributed by atoms with Gasteiger partial charge < -0.3 is 10.1 Å². The molecule has 1 aromatic heterocycles. The zero-order valence-corrected chi connectivity index (χ0v) is 8.04. The van der Waals surface area contributed by atoms with Crippen LogP contribution in [0, 0.1) is 6.92 Å². The summed E-state index contributed by atoms with van der Waals surface area (Å²) in [6.07, 6.45) is 0.846. The van der Waals surface area contributed by atoms with Gasteiger partial charge in [-0.3, -0.25) is 0 Å². The smallest absolute Gasteiger partial charge is 0.109 e. The summed E-state index contributed by atoms with van der Waals surface area (Å²) >= 11 is 0. The number of nitrogens with zero attached hydrogens (tertiary/aromatic N) is 2. The maximum atomic E-state index is 4.89. The van der Waals surface area contributed by atoms with Gasteiger partial charge in [0.1, 0.15) is 11.4 Å². The maximum absolute atomic E-state index is 4.89. The van der Waals surface area contributed by atoms with Gasteiger partial charge in [-0.1, -0.05) is 10.3 Å². The summed E-state index contributed by atoms with van der Waals surface area (Å²) in [7, 11) is 1.69. The van der Waals surface area contributed by atoms with Gasteiger partial charge in [-0.2, -0.15) is 0 Å². The third-order valence-electron chi connectivity index (χ3n) is 1.77. The van der Waals surface area contributed by atoms with Crippen molar-refractivity contribution in [2.75, 3.05) is 26.8 Å². The van der Waals surface area contributed by atoms with E-state index in [1.54, 1.807) is 7.11 Å². The summed E-state index contributed by atoms with van der Waals surface area (Å²) in [5, 5.41) is 10.7. The Labute approximate surface area is 77.4 Å². The fourth-order valence-electron chi connectivity index (χ4n) is 0.982. The monoisotopic (exact) mass is 185 g/mol. The fourth-order valence-corrected chi connectivity index (χ4v) is 0.982. The molecule has 0 radical (unpaired) electrons. The Morgan fingerprint density at radius 3 is 2.85 bits per heavy atom. The molecule has 1 N–H and O–H groups in total. The van der Waals surface area contributed by atoms with Crippen molar-refractivity contribution in [3.05, 3.63) is 11.4 Å². The minimum atomic E-state index is 0.732. The first-order valence-corrected chi connectivity index (χ1v) is 4.32. The third-order valence-corrected chi connectivity index (χ3v) is 1.77. The molecular weight excluding hydrogens is 170 g/mol. The quantitative estimate of drug-likeness (QED) is 0.639. The van der Waals surface area contributed by atoms with E-state index in [0.717, 1.165) is 37.5 Å². The summed E-state index contributed by atoms with van der Waals surface area (Å²) < 4.78 is 9.46. The summed E-state index contributed by atoms with van der Waals surface area (Å²) in [6.45, 7) is 4.36. The third kappa shape index (κ3) is 3.52. The Morgan fingerprint density at radius 2 is 2.23 bits per heavy atom. The molecule has 0 fully saturated rings. The highest BCUT2D eigenvalue weighted by molar-refractivity contribution is 5.04. The number of nitrogens with one attached hydrogen (secondary N) is 1. The van der Waals surface area contributed by atoms with Crippen LogP contribution in [0.3, 0.4) is 0 Å². The van der Waals surface area contributed by atoms with Gasteiger partial charge in [0.25, 0.3) is 0 Å². The van der Waals surface area contributed by atoms with E-state index in [4.69, 9.17) is 4.74 Å². The van der Waals surface area contributed by atoms with Gasteiger partial charge in [-0.25, -0.2) is 4.63 Å². The second-order valence-electron chi connectivity index (χ2n) is 2.79. The summed E-state index contributed by atoms with van der Waals surface area (Å²) in [5.74, 6) is 0. The molecule has 0 spiro atoms. The molecule has 5 heteroatoms. The highest BCUT2D eigenvalue weighted by Gasteiger charge is 2.03. The van der Waals surface area contributed by atoms with Crippen LogP contribution in [-0.4, -0.2) is 37.1 Å². The zero-order chi connectivity index (χ0) is 9.52. The van der Waals surface area contributed by atoms with Gasteiger partial charge in [-0.15, -0.1) is 0 Å². The van der Waals surface area contributed by atoms with Crippen LogP contribution in [0.2, 0.25) is 0 Å². The Bertz CT molecular complexity index is 237. The molecule has 0 saturated carbocycles. The van der Waals surface area contributed by atoms with E-state index >= 15 is 0 Å². The minimum absolute atomic E-state index is 0.732. The Hall–Kier alpha value is -0.940. The first-order valence-electron chi connectivity index (χ1n) is 4.32. The van der Waals surface area contributed by atoms with Crippen LogP contribution in [0.15, 0.2) is 4.63 Å². The van der Waals surface area contributed by atoms with Crippen molar-refractivity contribution in [3.63, 3.8) is 0 Å². The van der Waals surface area contributed by atoms with Crippen LogP contribution in [0.1, 0.15) is 11.4 Å². The van der Waals surface area contributed by atoms with Gasteiger partial charge in [-0.05, 0) is 6.92 Å². The first kappa shape index (κ1) is 10.1. The van der Waals surface area contributed by atoms with E-state index in [2.05, 4.69) is 20.3 Å². The first-order chi connectivity index (χ1) is 6.34. The Balaban J connectivity index is 2.10. The Kier molecular flexibility index (Phi) is 4.42. The lowest BCUT2D eigenvalue weighted by Gasteiger charge is -2.01. The average Bonchev–Trinajstić information content (AvgIpc) is 2.52. The van der Waals surface area contributed by atoms with Crippen molar-refractivity contribution < 1.29 is 9.37 Å². The van der Waals surface area contributed by atoms with Gasteiger partial charge in [0, 0.05) is 26.6 Å². The summed E-state index contributed by atoms with van der Waals surface area (Å²) in [4.78, 5) is 0. The summed E-state index contributed by atoms with van der Waals surface area (Å²) in [5.41, 5.74) is 1.79. The second-order valence-corrected chi connectivity index (χ2v) is 2.79. The molecular formula is C8H15N3O2. The number of aryl methyl sites for hydroxylation is 1. The van der Waals surface area contributed by atoms with Crippen LogP contribution in [0.5, 0.6) is 0 Å². The lowest BCUT2D eigenvalue weighted by Crippen LogP contribution is -2.22. The largest absolute Gasteiger partial charge is 0.383 e. The van der Waals surface area contributed by atoms with Crippen LogP contribution >= 0.6 is 0 Å². The van der Waals surface area contributed by atoms with Crippen LogP contribution < -0.4 is 5.32 Å². The Morgan fingerprint density at radius 1 is 1.38 bits per heavy atom. The molecule has 1 aromatic rings. The van der Waals surface area contributed by atoms with Crippen molar-refractivity contribution in [2.45, 2.75) is 13.3 Å². The van der Waals surface area contributed by atoms with Gasteiger partial charge in [0.05, 0.1) is 6.61 Å². The number of methoxy groups -OCH3 is 1. The van der Waals surface area contributed by atoms with E-state index in [1.807, 2.05) is 6.92 Å². The van der Waals surface area contributed by atoms with Crippen molar-refractivity contribution >= 4 is 0 Å². The van der Waals surface area contributed by atoms with E-state index in [0.29, 0.717) is 0 Å². The topological polar surface area (TPSA) is 60.2 Å². The minimum Gasteiger partial charge on any atom is -0.383 e. The maximum Gasteiger partial charge on any atom is 0.109 e. The lowest BCUT2D eigenvalue weighted by molar-refractivity contribution is 0.199. The number of rotatable bonds is 6. The molecule has 0 aromatic carbocycles. The van der Waals surface area contributed by atoms with Crippen molar-refractivity contribution in [1.29, 1.82) is 0 Å². The van der Waals surface area contributed by atoms with E-state index < -0.39 is 0 Å². The molecule has 1 rings (SSSR count). The molecule has 0 aliphatic heterocycles. The highest BCUT2D eigenvalue weighted by atomic mass is 16.6. The van der Waals surface area contributed by atoms with E-state index in [1.165, 1.54) is 0 Å². The number of hydrogen-bond donors (Lipinski definition) is 1. The van der Waals surface area contributed by atoms with Gasteiger partial charge in [0.2, 0.25) is 0 Å². The molecule has 0 unspecified atom stereocenters. The van der Waals surface area contributed by atoms with Crippen LogP contribution in [0.25, 0.3) is 0 Å². The molecule has 0 bridgehead atoms. The fraction of sp³-hybridized carbons (Fsp3) is 0.750. The molecule has 0 atom stereocenters. The van der Waals surface area contributed by atoms with Crippen molar-refractivity contribution in [3.8, 4) is 0 Å². The molecule has 1 heterocycles. The van der Waals surface area contributed by atoms with Gasteiger partial charge >= 0.3 is 0 Å². The summed E-state index contributed by atoms with van der Waals surface area (Å²) in [6, 6.07) is 0. The van der Waals surface area contributed by atoms with E-state index in [-0.39, 0.29) is 0 Å². The molecule has 74 valence electrons. The van der Waals surface area contributed by atoms with Crippen molar-refractivity contribution in [1.82, 2.24) is 15.6 Å².